The van der Waals surface area contributed by atoms with Crippen LogP contribution in [-0.2, 0) is 24.9 Å². The van der Waals surface area contributed by atoms with Crippen LogP contribution in [0.25, 0.3) is 0 Å². The van der Waals surface area contributed by atoms with E-state index in [1.54, 1.807) is 0 Å². The number of nitrogens with zero attached hydrogens (tertiary/aromatic N) is 1. The molecule has 0 aliphatic rings. The fourth-order valence-corrected chi connectivity index (χ4v) is 3.56. The van der Waals surface area contributed by atoms with Gasteiger partial charge in [-0.1, -0.05) is 23.7 Å². The highest BCUT2D eigenvalue weighted by Crippen LogP contribution is 2.35. The van der Waals surface area contributed by atoms with Gasteiger partial charge in [-0.2, -0.15) is 43.2 Å². The molecule has 0 aliphatic carbocycles. The van der Waals surface area contributed by atoms with Gasteiger partial charge in [-0.15, -0.1) is 0 Å². The maximum atomic E-state index is 12.5. The van der Waals surface area contributed by atoms with Crippen LogP contribution >= 0.6 is 11.6 Å². The van der Waals surface area contributed by atoms with Crippen LogP contribution in [0.3, 0.4) is 0 Å². The van der Waals surface area contributed by atoms with E-state index in [1.165, 1.54) is 6.07 Å². The van der Waals surface area contributed by atoms with E-state index in [0.717, 1.165) is 18.2 Å². The molecule has 0 saturated heterocycles. The molecule has 0 aliphatic heterocycles. The van der Waals surface area contributed by atoms with E-state index in [0.29, 0.717) is 0 Å². The quantitative estimate of drug-likeness (QED) is 0.532. The zero-order valence-electron chi connectivity index (χ0n) is 11.2. The number of hydrogen-bond acceptors (Lipinski definition) is 6. The largest absolute Gasteiger partial charge is 0.515 e. The predicted octanol–water partition coefficient (Wildman–Crippen LogP) is 2.41. The summed E-state index contributed by atoms with van der Waals surface area (Å²) in [6.45, 7) is 0. The van der Waals surface area contributed by atoms with Crippen molar-refractivity contribution < 1.29 is 52.8 Å². The van der Waals surface area contributed by atoms with Gasteiger partial charge in [0.05, 0.1) is 10.6 Å². The molecule has 142 valence electrons. The Hall–Kier alpha value is -1.58. The molecule has 1 aromatic carbocycles. The Morgan fingerprint density at radius 1 is 0.920 bits per heavy atom. The summed E-state index contributed by atoms with van der Waals surface area (Å²) in [6, 6.07) is 3.95. The third kappa shape index (κ3) is 4.16. The fraction of sp³-hybridized carbons (Fsp3) is 0.222. The first-order valence-electron chi connectivity index (χ1n) is 5.43. The molecule has 25 heavy (non-hydrogen) atoms. The van der Waals surface area contributed by atoms with E-state index in [-0.39, 0.29) is 0 Å². The number of halogens is 7. The van der Waals surface area contributed by atoms with Crippen LogP contribution in [-0.4, -0.2) is 37.7 Å². The Labute approximate surface area is 140 Å². The van der Waals surface area contributed by atoms with E-state index in [1.807, 2.05) is 0 Å². The van der Waals surface area contributed by atoms with Gasteiger partial charge < -0.3 is 4.84 Å². The third-order valence-corrected chi connectivity index (χ3v) is 5.84. The molecule has 1 aromatic rings. The van der Waals surface area contributed by atoms with Gasteiger partial charge in [0.2, 0.25) is 0 Å². The first kappa shape index (κ1) is 21.5. The molecule has 1 rings (SSSR count). The zero-order valence-corrected chi connectivity index (χ0v) is 13.6. The normalized spacial score (nSPS) is 13.8. The Kier molecular flexibility index (Phi) is 5.68. The molecule has 0 saturated carbocycles. The summed E-state index contributed by atoms with van der Waals surface area (Å²) in [5, 5.41) is -0.554. The van der Waals surface area contributed by atoms with Crippen LogP contribution in [0.5, 0.6) is 0 Å². The van der Waals surface area contributed by atoms with Crippen molar-refractivity contribution in [1.82, 2.24) is 3.87 Å². The molecule has 0 aromatic heterocycles. The van der Waals surface area contributed by atoms with E-state index >= 15 is 0 Å². The molecule has 0 heterocycles. The van der Waals surface area contributed by atoms with Crippen molar-refractivity contribution in [1.29, 1.82) is 0 Å². The maximum absolute atomic E-state index is 12.5. The van der Waals surface area contributed by atoms with Gasteiger partial charge in [-0.3, -0.25) is 0 Å². The van der Waals surface area contributed by atoms with E-state index in [4.69, 9.17) is 11.6 Å². The Morgan fingerprint density at radius 2 is 1.32 bits per heavy atom. The summed E-state index contributed by atoms with van der Waals surface area (Å²) in [4.78, 5) is 15.0. The molecular formula is C9H4ClF6NO6S2. The fourth-order valence-electron chi connectivity index (χ4n) is 1.14. The number of carbonyl (C=O) groups excluding carboxylic acids is 1. The van der Waals surface area contributed by atoms with Crippen LogP contribution in [0.4, 0.5) is 26.3 Å². The lowest BCUT2D eigenvalue weighted by atomic mass is 10.2. The van der Waals surface area contributed by atoms with Gasteiger partial charge in [0.1, 0.15) is 3.87 Å². The maximum Gasteiger partial charge on any atom is 0.515 e. The summed E-state index contributed by atoms with van der Waals surface area (Å²) in [5.41, 5.74) is -13.9. The van der Waals surface area contributed by atoms with Crippen LogP contribution < -0.4 is 0 Å². The topological polar surface area (TPSA) is 97.8 Å². The standard InChI is InChI=1S/C9H4ClF6NO6S2/c10-6-4-2-1-3-5(6)7(18)23-17(24(19,20)8(11,12)13)25(21,22)9(14,15)16/h1-4H. The SMILES string of the molecule is O=C(ON(S(=O)(=O)C(F)(F)F)S(=O)(=O)C(F)(F)F)c1ccccc1Cl. The van der Waals surface area contributed by atoms with Gasteiger partial charge in [0, 0.05) is 0 Å². The van der Waals surface area contributed by atoms with Crippen LogP contribution in [0.1, 0.15) is 10.4 Å². The van der Waals surface area contributed by atoms with Gasteiger partial charge in [-0.25, -0.2) is 4.79 Å². The summed E-state index contributed by atoms with van der Waals surface area (Å²) in [6.07, 6.45) is 0. The van der Waals surface area contributed by atoms with Crippen LogP contribution in [0.15, 0.2) is 24.3 Å². The summed E-state index contributed by atoms with van der Waals surface area (Å²) < 4.78 is 117. The minimum atomic E-state index is -7.26. The molecule has 16 heteroatoms. The number of benzene rings is 1. The van der Waals surface area contributed by atoms with Gasteiger partial charge in [-0.05, 0) is 12.1 Å². The highest BCUT2D eigenvalue weighted by molar-refractivity contribution is 8.04. The molecule has 0 atom stereocenters. The Balaban J connectivity index is 3.51. The summed E-state index contributed by atoms with van der Waals surface area (Å²) in [5.74, 6) is -2.19. The van der Waals surface area contributed by atoms with Crippen molar-refractivity contribution in [3.63, 3.8) is 0 Å². The number of sulfonamides is 2. The molecule has 0 unspecified atom stereocenters. The van der Waals surface area contributed by atoms with Crippen LogP contribution in [0.2, 0.25) is 5.02 Å². The monoisotopic (exact) mass is 435 g/mol. The van der Waals surface area contributed by atoms with E-state index < -0.39 is 51.5 Å². The van der Waals surface area contributed by atoms with Crippen molar-refractivity contribution >= 4 is 37.6 Å². The van der Waals surface area contributed by atoms with Crippen molar-refractivity contribution in [2.45, 2.75) is 11.0 Å². The van der Waals surface area contributed by atoms with E-state index in [9.17, 15) is 48.0 Å². The summed E-state index contributed by atoms with van der Waals surface area (Å²) >= 11 is 5.45. The van der Waals surface area contributed by atoms with Gasteiger partial charge in [0.15, 0.2) is 0 Å². The predicted molar refractivity (Wildman–Crippen MR) is 68.7 cm³/mol. The molecule has 0 spiro atoms. The highest BCUT2D eigenvalue weighted by Gasteiger charge is 2.64. The lowest BCUT2D eigenvalue weighted by Gasteiger charge is -2.22. The molecule has 0 amide bonds. The first-order chi connectivity index (χ1) is 11.0. The second-order valence-corrected chi connectivity index (χ2v) is 8.05. The van der Waals surface area contributed by atoms with Crippen molar-refractivity contribution in [3.8, 4) is 0 Å². The molecule has 7 nitrogen and oxygen atoms in total. The number of alkyl halides is 6. The average molecular weight is 436 g/mol. The van der Waals surface area contributed by atoms with Gasteiger partial charge >= 0.3 is 37.0 Å². The molecular weight excluding hydrogens is 432 g/mol. The first-order valence-corrected chi connectivity index (χ1v) is 8.69. The van der Waals surface area contributed by atoms with Crippen molar-refractivity contribution in [2.24, 2.45) is 0 Å². The highest BCUT2D eigenvalue weighted by atomic mass is 35.5. The average Bonchev–Trinajstić information content (AvgIpc) is 2.42. The zero-order chi connectivity index (χ0) is 19.8. The van der Waals surface area contributed by atoms with Crippen molar-refractivity contribution in [3.05, 3.63) is 34.9 Å². The minimum absolute atomic E-state index is 0.554. The molecule has 0 bridgehead atoms. The second-order valence-electron chi connectivity index (χ2n) is 3.92. The number of carbonyl (C=O) groups is 1. The van der Waals surface area contributed by atoms with E-state index in [2.05, 4.69) is 4.84 Å². The van der Waals surface area contributed by atoms with Gasteiger partial charge in [0.25, 0.3) is 0 Å². The molecule has 0 radical (unpaired) electrons. The molecule has 0 N–H and O–H groups in total. The third-order valence-electron chi connectivity index (χ3n) is 2.23. The molecule has 0 fully saturated rings. The van der Waals surface area contributed by atoms with Crippen LogP contribution in [0, 0.1) is 0 Å². The Bertz CT molecular complexity index is 835. The Morgan fingerprint density at radius 3 is 1.68 bits per heavy atom. The number of hydrogen-bond donors (Lipinski definition) is 0. The second kappa shape index (κ2) is 6.62. The minimum Gasteiger partial charge on any atom is -0.332 e. The van der Waals surface area contributed by atoms with Crippen molar-refractivity contribution in [2.75, 3.05) is 0 Å². The lowest BCUT2D eigenvalue weighted by molar-refractivity contribution is -0.0770. The number of rotatable bonds is 4. The smallest absolute Gasteiger partial charge is 0.332 e. The summed E-state index contributed by atoms with van der Waals surface area (Å²) in [7, 11) is -14.5. The lowest BCUT2D eigenvalue weighted by Crippen LogP contribution is -2.49.